The van der Waals surface area contributed by atoms with Crippen molar-refractivity contribution >= 4 is 11.9 Å². The first-order chi connectivity index (χ1) is 6.65. The molecule has 1 heterocycles. The molecule has 1 aliphatic rings. The van der Waals surface area contributed by atoms with Gasteiger partial charge in [-0.2, -0.15) is 0 Å². The molecular formula is C9H16N2O3. The Hall–Kier alpha value is -1.10. The summed E-state index contributed by atoms with van der Waals surface area (Å²) in [4.78, 5) is 23.9. The Labute approximate surface area is 83.1 Å². The molecule has 5 heteroatoms. The highest BCUT2D eigenvalue weighted by molar-refractivity contribution is 5.86. The molecular weight excluding hydrogens is 184 g/mol. The number of hydrogen-bond donors (Lipinski definition) is 2. The third-order valence-corrected chi connectivity index (χ3v) is 2.32. The first-order valence-electron chi connectivity index (χ1n) is 4.88. The predicted molar refractivity (Wildman–Crippen MR) is 50.9 cm³/mol. The van der Waals surface area contributed by atoms with Gasteiger partial charge in [-0.05, 0) is 13.0 Å². The molecule has 0 bridgehead atoms. The number of carbonyl (C=O) groups is 2. The maximum absolute atomic E-state index is 11.4. The Balaban J connectivity index is 2.60. The van der Waals surface area contributed by atoms with Crippen LogP contribution in [0.2, 0.25) is 0 Å². The quantitative estimate of drug-likeness (QED) is 0.652. The molecule has 1 fully saturated rings. The fourth-order valence-corrected chi connectivity index (χ4v) is 1.70. The van der Waals surface area contributed by atoms with E-state index in [0.29, 0.717) is 6.54 Å². The van der Waals surface area contributed by atoms with Crippen LogP contribution in [-0.2, 0) is 9.59 Å². The summed E-state index contributed by atoms with van der Waals surface area (Å²) in [6, 6.07) is -0.485. The number of nitrogens with one attached hydrogen (secondary N) is 1. The second-order valence-corrected chi connectivity index (χ2v) is 3.44. The summed E-state index contributed by atoms with van der Waals surface area (Å²) in [5.74, 6) is -1.08. The van der Waals surface area contributed by atoms with Gasteiger partial charge in [0.2, 0.25) is 5.91 Å². The third-order valence-electron chi connectivity index (χ3n) is 2.32. The van der Waals surface area contributed by atoms with E-state index in [1.807, 2.05) is 11.8 Å². The van der Waals surface area contributed by atoms with E-state index in [1.165, 1.54) is 0 Å². The monoisotopic (exact) mass is 200 g/mol. The number of amides is 1. The normalized spacial score (nSPS) is 23.2. The van der Waals surface area contributed by atoms with Crippen molar-refractivity contribution in [3.63, 3.8) is 0 Å². The molecule has 5 nitrogen and oxygen atoms in total. The molecule has 0 aromatic carbocycles. The lowest BCUT2D eigenvalue weighted by atomic mass is 10.1. The maximum Gasteiger partial charge on any atom is 0.305 e. The number of rotatable bonds is 4. The standard InChI is InChI=1S/C9H16N2O3/c1-2-4-11-5-3-10-9(14)7(11)6-8(12)13/h7H,2-6H2,1H3,(H,10,14)(H,12,13)/t7-/m0/s1. The van der Waals surface area contributed by atoms with Gasteiger partial charge in [-0.3, -0.25) is 14.5 Å². The zero-order chi connectivity index (χ0) is 10.6. The van der Waals surface area contributed by atoms with Gasteiger partial charge in [-0.1, -0.05) is 6.92 Å². The van der Waals surface area contributed by atoms with Crippen LogP contribution in [-0.4, -0.2) is 47.6 Å². The number of carbonyl (C=O) groups excluding carboxylic acids is 1. The SMILES string of the molecule is CCCN1CCNC(=O)[C@@H]1CC(=O)O. The first kappa shape index (κ1) is 11.0. The largest absolute Gasteiger partial charge is 0.481 e. The number of hydrogen-bond acceptors (Lipinski definition) is 3. The minimum absolute atomic E-state index is 0.105. The summed E-state index contributed by atoms with van der Waals surface area (Å²) in [5.41, 5.74) is 0. The van der Waals surface area contributed by atoms with E-state index >= 15 is 0 Å². The minimum Gasteiger partial charge on any atom is -0.481 e. The van der Waals surface area contributed by atoms with Crippen LogP contribution in [0.3, 0.4) is 0 Å². The van der Waals surface area contributed by atoms with E-state index < -0.39 is 12.0 Å². The molecule has 1 aliphatic heterocycles. The van der Waals surface area contributed by atoms with E-state index in [0.717, 1.165) is 19.5 Å². The van der Waals surface area contributed by atoms with Crippen LogP contribution < -0.4 is 5.32 Å². The molecule has 1 amide bonds. The van der Waals surface area contributed by atoms with Crippen molar-refractivity contribution < 1.29 is 14.7 Å². The summed E-state index contributed by atoms with van der Waals surface area (Å²) in [5, 5.41) is 11.3. The number of nitrogens with zero attached hydrogens (tertiary/aromatic N) is 1. The van der Waals surface area contributed by atoms with E-state index in [-0.39, 0.29) is 12.3 Å². The maximum atomic E-state index is 11.4. The molecule has 1 atom stereocenters. The van der Waals surface area contributed by atoms with Gasteiger partial charge in [0.15, 0.2) is 0 Å². The molecule has 0 aromatic rings. The Morgan fingerprint density at radius 2 is 2.43 bits per heavy atom. The van der Waals surface area contributed by atoms with E-state index in [4.69, 9.17) is 5.11 Å². The molecule has 1 rings (SSSR count). The summed E-state index contributed by atoms with van der Waals surface area (Å²) >= 11 is 0. The van der Waals surface area contributed by atoms with Crippen molar-refractivity contribution in [2.45, 2.75) is 25.8 Å². The van der Waals surface area contributed by atoms with Crippen LogP contribution in [0.15, 0.2) is 0 Å². The van der Waals surface area contributed by atoms with E-state index in [9.17, 15) is 9.59 Å². The summed E-state index contributed by atoms with van der Waals surface area (Å²) < 4.78 is 0. The van der Waals surface area contributed by atoms with Crippen LogP contribution in [0.5, 0.6) is 0 Å². The second kappa shape index (κ2) is 4.95. The van der Waals surface area contributed by atoms with Gasteiger partial charge in [-0.25, -0.2) is 0 Å². The summed E-state index contributed by atoms with van der Waals surface area (Å²) in [6.07, 6.45) is 0.829. The lowest BCUT2D eigenvalue weighted by Crippen LogP contribution is -2.55. The lowest BCUT2D eigenvalue weighted by Gasteiger charge is -2.33. The van der Waals surface area contributed by atoms with Gasteiger partial charge in [-0.15, -0.1) is 0 Å². The molecule has 0 spiro atoms. The van der Waals surface area contributed by atoms with Crippen molar-refractivity contribution in [1.29, 1.82) is 0 Å². The smallest absolute Gasteiger partial charge is 0.305 e. The highest BCUT2D eigenvalue weighted by Gasteiger charge is 2.30. The molecule has 0 aromatic heterocycles. The summed E-state index contributed by atoms with van der Waals surface area (Å²) in [7, 11) is 0. The van der Waals surface area contributed by atoms with E-state index in [2.05, 4.69) is 5.32 Å². The van der Waals surface area contributed by atoms with Crippen LogP contribution >= 0.6 is 0 Å². The van der Waals surface area contributed by atoms with Crippen molar-refractivity contribution in [2.24, 2.45) is 0 Å². The average molecular weight is 200 g/mol. The molecule has 14 heavy (non-hydrogen) atoms. The van der Waals surface area contributed by atoms with Crippen molar-refractivity contribution in [2.75, 3.05) is 19.6 Å². The van der Waals surface area contributed by atoms with Crippen LogP contribution in [0.4, 0.5) is 0 Å². The molecule has 0 saturated carbocycles. The average Bonchev–Trinajstić information content (AvgIpc) is 2.11. The third kappa shape index (κ3) is 2.70. The van der Waals surface area contributed by atoms with Gasteiger partial charge in [0.05, 0.1) is 12.5 Å². The fourth-order valence-electron chi connectivity index (χ4n) is 1.70. The molecule has 80 valence electrons. The van der Waals surface area contributed by atoms with Gasteiger partial charge >= 0.3 is 5.97 Å². The van der Waals surface area contributed by atoms with Gasteiger partial charge in [0.1, 0.15) is 0 Å². The van der Waals surface area contributed by atoms with Gasteiger partial charge in [0.25, 0.3) is 0 Å². The van der Waals surface area contributed by atoms with E-state index in [1.54, 1.807) is 0 Å². The molecule has 1 saturated heterocycles. The molecule has 2 N–H and O–H groups in total. The van der Waals surface area contributed by atoms with Gasteiger partial charge < -0.3 is 10.4 Å². The Morgan fingerprint density at radius 3 is 3.00 bits per heavy atom. The highest BCUT2D eigenvalue weighted by Crippen LogP contribution is 2.09. The second-order valence-electron chi connectivity index (χ2n) is 3.44. The Kier molecular flexibility index (Phi) is 3.88. The Morgan fingerprint density at radius 1 is 1.71 bits per heavy atom. The number of carboxylic acids is 1. The van der Waals surface area contributed by atoms with Crippen molar-refractivity contribution in [1.82, 2.24) is 10.2 Å². The molecule has 0 unspecified atom stereocenters. The van der Waals surface area contributed by atoms with Crippen molar-refractivity contribution in [3.05, 3.63) is 0 Å². The fraction of sp³-hybridized carbons (Fsp3) is 0.778. The zero-order valence-electron chi connectivity index (χ0n) is 8.32. The predicted octanol–water partition coefficient (Wildman–Crippen LogP) is -0.328. The molecule has 0 aliphatic carbocycles. The Bertz CT molecular complexity index is 228. The number of piperazine rings is 1. The highest BCUT2D eigenvalue weighted by atomic mass is 16.4. The first-order valence-corrected chi connectivity index (χ1v) is 4.88. The lowest BCUT2D eigenvalue weighted by molar-refractivity contribution is -0.143. The number of carboxylic acid groups (broad SMARTS) is 1. The van der Waals surface area contributed by atoms with Crippen LogP contribution in [0.1, 0.15) is 19.8 Å². The minimum atomic E-state index is -0.923. The van der Waals surface area contributed by atoms with Crippen LogP contribution in [0, 0.1) is 0 Å². The van der Waals surface area contributed by atoms with Gasteiger partial charge in [0, 0.05) is 13.1 Å². The van der Waals surface area contributed by atoms with Crippen molar-refractivity contribution in [3.8, 4) is 0 Å². The topological polar surface area (TPSA) is 69.6 Å². The molecule has 0 radical (unpaired) electrons. The number of aliphatic carboxylic acids is 1. The van der Waals surface area contributed by atoms with Crippen LogP contribution in [0.25, 0.3) is 0 Å². The zero-order valence-corrected chi connectivity index (χ0v) is 8.32. The summed E-state index contributed by atoms with van der Waals surface area (Å²) in [6.45, 7) is 4.17.